The van der Waals surface area contributed by atoms with E-state index < -0.39 is 42.5 Å². The number of aliphatic carboxylic acids is 1. The second kappa shape index (κ2) is 8.63. The maximum atomic E-state index is 12.5. The lowest BCUT2D eigenvalue weighted by molar-refractivity contribution is -0.144. The maximum absolute atomic E-state index is 12.5. The second-order valence-electron chi connectivity index (χ2n) is 6.25. The van der Waals surface area contributed by atoms with E-state index >= 15 is 0 Å². The summed E-state index contributed by atoms with van der Waals surface area (Å²) in [6.07, 6.45) is 1.04. The van der Waals surface area contributed by atoms with Gasteiger partial charge in [0, 0.05) is 13.0 Å². The van der Waals surface area contributed by atoms with Gasteiger partial charge in [0.2, 0.25) is 11.8 Å². The number of carboxylic acids is 1. The third kappa shape index (κ3) is 4.70. The number of phenols is 1. The first-order valence-electron chi connectivity index (χ1n) is 8.31. The molecule has 26 heavy (non-hydrogen) atoms. The summed E-state index contributed by atoms with van der Waals surface area (Å²) in [7, 11) is 0. The molecule has 1 heterocycles. The molecule has 3 atom stereocenters. The van der Waals surface area contributed by atoms with Crippen LogP contribution in [0.2, 0.25) is 0 Å². The summed E-state index contributed by atoms with van der Waals surface area (Å²) < 4.78 is 0. The predicted octanol–water partition coefficient (Wildman–Crippen LogP) is -1.19. The fourth-order valence-electron chi connectivity index (χ4n) is 2.93. The van der Waals surface area contributed by atoms with E-state index in [-0.39, 0.29) is 12.2 Å². The minimum atomic E-state index is -1.20. The lowest BCUT2D eigenvalue weighted by Gasteiger charge is -2.27. The number of hydrogen-bond acceptors (Lipinski definition) is 6. The molecule has 1 aliphatic heterocycles. The molecule has 142 valence electrons. The average Bonchev–Trinajstić information content (AvgIpc) is 3.11. The van der Waals surface area contributed by atoms with Crippen molar-refractivity contribution < 1.29 is 29.7 Å². The van der Waals surface area contributed by atoms with E-state index in [4.69, 9.17) is 10.8 Å². The van der Waals surface area contributed by atoms with E-state index in [0.717, 1.165) is 0 Å². The van der Waals surface area contributed by atoms with Crippen molar-refractivity contribution in [3.8, 4) is 5.75 Å². The Balaban J connectivity index is 2.05. The molecule has 1 aliphatic rings. The van der Waals surface area contributed by atoms with Gasteiger partial charge in [-0.3, -0.25) is 9.59 Å². The molecule has 0 radical (unpaired) electrons. The van der Waals surface area contributed by atoms with Gasteiger partial charge in [0.1, 0.15) is 23.9 Å². The summed E-state index contributed by atoms with van der Waals surface area (Å²) >= 11 is 0. The highest BCUT2D eigenvalue weighted by molar-refractivity contribution is 5.92. The molecule has 1 aromatic rings. The van der Waals surface area contributed by atoms with Crippen LogP contribution in [0.5, 0.6) is 5.75 Å². The van der Waals surface area contributed by atoms with Gasteiger partial charge in [-0.15, -0.1) is 0 Å². The Morgan fingerprint density at radius 3 is 2.50 bits per heavy atom. The number of aromatic hydroxyl groups is 1. The highest BCUT2D eigenvalue weighted by Crippen LogP contribution is 2.19. The van der Waals surface area contributed by atoms with Gasteiger partial charge < -0.3 is 31.3 Å². The van der Waals surface area contributed by atoms with Crippen molar-refractivity contribution >= 4 is 17.8 Å². The molecule has 1 fully saturated rings. The third-order valence-electron chi connectivity index (χ3n) is 4.34. The molecule has 0 unspecified atom stereocenters. The van der Waals surface area contributed by atoms with Crippen LogP contribution >= 0.6 is 0 Å². The number of nitrogens with two attached hydrogens (primary N) is 1. The van der Waals surface area contributed by atoms with E-state index in [1.165, 1.54) is 17.0 Å². The molecule has 0 saturated carbocycles. The van der Waals surface area contributed by atoms with Crippen LogP contribution in [0, 0.1) is 0 Å². The molecule has 1 aromatic carbocycles. The van der Waals surface area contributed by atoms with E-state index in [1.54, 1.807) is 12.1 Å². The molecule has 0 spiro atoms. The number of likely N-dealkylation sites (tertiary alicyclic amines) is 1. The summed E-state index contributed by atoms with van der Waals surface area (Å²) in [5.41, 5.74) is 6.17. The van der Waals surface area contributed by atoms with Gasteiger partial charge in [-0.25, -0.2) is 4.79 Å². The van der Waals surface area contributed by atoms with Crippen molar-refractivity contribution in [1.82, 2.24) is 10.2 Å². The van der Waals surface area contributed by atoms with E-state index in [2.05, 4.69) is 5.32 Å². The Morgan fingerprint density at radius 2 is 1.92 bits per heavy atom. The SMILES string of the molecule is N[C@@H](CO)C(=O)N1CCC[C@H]1C(=O)N[C@@H](Cc1ccc(O)cc1)C(=O)O. The van der Waals surface area contributed by atoms with Crippen molar-refractivity contribution in [2.75, 3.05) is 13.2 Å². The molecule has 2 rings (SSSR count). The van der Waals surface area contributed by atoms with Gasteiger partial charge in [0.05, 0.1) is 6.61 Å². The van der Waals surface area contributed by atoms with Gasteiger partial charge in [-0.05, 0) is 30.5 Å². The standard InChI is InChI=1S/C17H23N3O6/c18-12(9-21)16(24)20-7-1-2-14(20)15(23)19-13(17(25)26)8-10-3-5-11(22)6-4-10/h3-6,12-14,21-22H,1-2,7-9,18H2,(H,19,23)(H,25,26)/t12-,13-,14-/m0/s1. The first-order chi connectivity index (χ1) is 12.3. The predicted molar refractivity (Wildman–Crippen MR) is 91.2 cm³/mol. The van der Waals surface area contributed by atoms with Crippen LogP contribution in [0.25, 0.3) is 0 Å². The monoisotopic (exact) mass is 365 g/mol. The van der Waals surface area contributed by atoms with E-state index in [9.17, 15) is 24.6 Å². The van der Waals surface area contributed by atoms with Gasteiger partial charge in [-0.2, -0.15) is 0 Å². The largest absolute Gasteiger partial charge is 0.508 e. The zero-order valence-corrected chi connectivity index (χ0v) is 14.2. The minimum Gasteiger partial charge on any atom is -0.508 e. The Hall–Kier alpha value is -2.65. The first-order valence-corrected chi connectivity index (χ1v) is 8.31. The fraction of sp³-hybridized carbons (Fsp3) is 0.471. The van der Waals surface area contributed by atoms with Crippen molar-refractivity contribution in [3.63, 3.8) is 0 Å². The first kappa shape index (κ1) is 19.7. The van der Waals surface area contributed by atoms with Crippen LogP contribution in [0.15, 0.2) is 24.3 Å². The summed E-state index contributed by atoms with van der Waals surface area (Å²) in [6, 6.07) is 2.94. The van der Waals surface area contributed by atoms with Crippen LogP contribution in [0.3, 0.4) is 0 Å². The maximum Gasteiger partial charge on any atom is 0.326 e. The smallest absolute Gasteiger partial charge is 0.326 e. The number of carboxylic acid groups (broad SMARTS) is 1. The van der Waals surface area contributed by atoms with Gasteiger partial charge in [0.15, 0.2) is 0 Å². The number of nitrogens with one attached hydrogen (secondary N) is 1. The summed E-state index contributed by atoms with van der Waals surface area (Å²) in [4.78, 5) is 37.5. The third-order valence-corrected chi connectivity index (χ3v) is 4.34. The highest BCUT2D eigenvalue weighted by atomic mass is 16.4. The van der Waals surface area contributed by atoms with Gasteiger partial charge in [0.25, 0.3) is 0 Å². The molecule has 0 bridgehead atoms. The quantitative estimate of drug-likeness (QED) is 0.407. The molecule has 9 heteroatoms. The lowest BCUT2D eigenvalue weighted by atomic mass is 10.0. The van der Waals surface area contributed by atoms with Gasteiger partial charge in [-0.1, -0.05) is 12.1 Å². The minimum absolute atomic E-state index is 0.0399. The number of carbonyl (C=O) groups excluding carboxylic acids is 2. The number of nitrogens with zero attached hydrogens (tertiary/aromatic N) is 1. The van der Waals surface area contributed by atoms with E-state index in [0.29, 0.717) is 24.9 Å². The molecule has 9 nitrogen and oxygen atoms in total. The number of amides is 2. The number of carbonyl (C=O) groups is 3. The Kier molecular flexibility index (Phi) is 6.53. The number of hydrogen-bond donors (Lipinski definition) is 5. The summed E-state index contributed by atoms with van der Waals surface area (Å²) in [5, 5.41) is 30.2. The number of aliphatic hydroxyl groups is 1. The number of phenolic OH excluding ortho intramolecular Hbond substituents is 1. The number of aliphatic hydroxyl groups excluding tert-OH is 1. The topological polar surface area (TPSA) is 153 Å². The van der Waals surface area contributed by atoms with Crippen LogP contribution in [0.4, 0.5) is 0 Å². The summed E-state index contributed by atoms with van der Waals surface area (Å²) in [6.45, 7) is -0.192. The van der Waals surface area contributed by atoms with Crippen molar-refractivity contribution in [2.45, 2.75) is 37.4 Å². The second-order valence-corrected chi connectivity index (χ2v) is 6.25. The molecule has 1 saturated heterocycles. The van der Waals surface area contributed by atoms with Crippen LogP contribution in [0.1, 0.15) is 18.4 Å². The average molecular weight is 365 g/mol. The highest BCUT2D eigenvalue weighted by Gasteiger charge is 2.37. The summed E-state index contributed by atoms with van der Waals surface area (Å²) in [5.74, 6) is -2.23. The molecular formula is C17H23N3O6. The zero-order valence-electron chi connectivity index (χ0n) is 14.2. The molecular weight excluding hydrogens is 342 g/mol. The lowest BCUT2D eigenvalue weighted by Crippen LogP contribution is -2.54. The van der Waals surface area contributed by atoms with E-state index in [1.807, 2.05) is 0 Å². The van der Waals surface area contributed by atoms with Gasteiger partial charge >= 0.3 is 5.97 Å². The number of benzene rings is 1. The van der Waals surface area contributed by atoms with Crippen LogP contribution in [-0.4, -0.2) is 69.3 Å². The Labute approximate surface area is 150 Å². The normalized spacial score (nSPS) is 19.0. The molecule has 0 aliphatic carbocycles. The van der Waals surface area contributed by atoms with Crippen LogP contribution < -0.4 is 11.1 Å². The Bertz CT molecular complexity index is 663. The van der Waals surface area contributed by atoms with Crippen molar-refractivity contribution in [1.29, 1.82) is 0 Å². The molecule has 6 N–H and O–H groups in total. The molecule has 0 aromatic heterocycles. The zero-order chi connectivity index (χ0) is 19.3. The van der Waals surface area contributed by atoms with Crippen molar-refractivity contribution in [2.24, 2.45) is 5.73 Å². The number of rotatable bonds is 7. The fourth-order valence-corrected chi connectivity index (χ4v) is 2.93. The molecule has 2 amide bonds. The van der Waals surface area contributed by atoms with Crippen LogP contribution in [-0.2, 0) is 20.8 Å². The Morgan fingerprint density at radius 1 is 1.27 bits per heavy atom. The van der Waals surface area contributed by atoms with Crippen molar-refractivity contribution in [3.05, 3.63) is 29.8 Å².